The number of hydrogen-bond acceptors (Lipinski definition) is 2. The summed E-state index contributed by atoms with van der Waals surface area (Å²) >= 11 is 0. The molecule has 0 N–H and O–H groups in total. The molecular formula is C52H30N4. The van der Waals surface area contributed by atoms with E-state index in [1.807, 2.05) is 0 Å². The largest absolute Gasteiger partial charge is 0.292 e. The van der Waals surface area contributed by atoms with Crippen molar-refractivity contribution in [3.63, 3.8) is 0 Å². The summed E-state index contributed by atoms with van der Waals surface area (Å²) in [4.78, 5) is 11.1. The number of rotatable bonds is 4. The Bertz CT molecular complexity index is 3430. The van der Waals surface area contributed by atoms with Gasteiger partial charge in [0.05, 0.1) is 22.1 Å². The van der Waals surface area contributed by atoms with Gasteiger partial charge in [0.25, 0.3) is 0 Å². The van der Waals surface area contributed by atoms with Gasteiger partial charge in [-0.1, -0.05) is 158 Å². The van der Waals surface area contributed by atoms with Crippen molar-refractivity contribution in [2.24, 2.45) is 0 Å². The molecule has 0 fully saturated rings. The van der Waals surface area contributed by atoms with Crippen molar-refractivity contribution in [3.05, 3.63) is 182 Å². The van der Waals surface area contributed by atoms with E-state index in [2.05, 4.69) is 191 Å². The van der Waals surface area contributed by atoms with Crippen LogP contribution >= 0.6 is 0 Å². The smallest absolute Gasteiger partial charge is 0.145 e. The lowest BCUT2D eigenvalue weighted by Crippen LogP contribution is -1.99. The van der Waals surface area contributed by atoms with Gasteiger partial charge >= 0.3 is 0 Å². The van der Waals surface area contributed by atoms with Crippen molar-refractivity contribution in [3.8, 4) is 34.2 Å². The first-order chi connectivity index (χ1) is 27.8. The van der Waals surface area contributed by atoms with E-state index in [1.165, 1.54) is 64.6 Å². The third-order valence-electron chi connectivity index (χ3n) is 12.0. The molecule has 2 heterocycles. The first-order valence-electron chi connectivity index (χ1n) is 19.2. The van der Waals surface area contributed by atoms with Crippen LogP contribution in [0.3, 0.4) is 0 Å². The highest BCUT2D eigenvalue weighted by molar-refractivity contribution is 6.34. The average molecular weight is 711 g/mol. The number of benzene rings is 11. The molecule has 0 radical (unpaired) electrons. The summed E-state index contributed by atoms with van der Waals surface area (Å²) in [5.41, 5.74) is 8.53. The van der Waals surface area contributed by atoms with Crippen molar-refractivity contribution in [1.29, 1.82) is 0 Å². The van der Waals surface area contributed by atoms with Crippen LogP contribution in [0.25, 0.3) is 121 Å². The van der Waals surface area contributed by atoms with Crippen LogP contribution in [0.1, 0.15) is 0 Å². The topological polar surface area (TPSA) is 35.6 Å². The Kier molecular flexibility index (Phi) is 5.86. The van der Waals surface area contributed by atoms with Crippen LogP contribution in [0.4, 0.5) is 0 Å². The maximum absolute atomic E-state index is 5.54. The number of nitrogens with zero attached hydrogens (tertiary/aromatic N) is 4. The lowest BCUT2D eigenvalue weighted by molar-refractivity contribution is 1.10. The van der Waals surface area contributed by atoms with Crippen LogP contribution in [0.2, 0.25) is 0 Å². The molecule has 0 aliphatic heterocycles. The molecule has 0 saturated heterocycles. The SMILES string of the molecule is c1ccc(-n2c(-c3ccc(-c4nc5c6cccc7ccc8cccc(c8c76)c5n4-c4ccccc4)cc3)nc3c4cccc5ccc6cccc(c6c54)c32)cc1. The molecule has 4 nitrogen and oxygen atoms in total. The first-order valence-corrected chi connectivity index (χ1v) is 19.2. The summed E-state index contributed by atoms with van der Waals surface area (Å²) in [6.45, 7) is 0. The van der Waals surface area contributed by atoms with E-state index >= 15 is 0 Å². The molecule has 0 atom stereocenters. The summed E-state index contributed by atoms with van der Waals surface area (Å²) in [7, 11) is 0. The Morgan fingerprint density at radius 1 is 0.286 bits per heavy atom. The molecule has 0 aliphatic carbocycles. The average Bonchev–Trinajstić information content (AvgIpc) is 3.87. The van der Waals surface area contributed by atoms with E-state index < -0.39 is 0 Å². The molecule has 0 saturated carbocycles. The second kappa shape index (κ2) is 11.0. The van der Waals surface area contributed by atoms with E-state index in [4.69, 9.17) is 9.97 Å². The highest BCUT2D eigenvalue weighted by Gasteiger charge is 2.24. The molecule has 2 aromatic heterocycles. The minimum absolute atomic E-state index is 0.911. The predicted octanol–water partition coefficient (Wildman–Crippen LogP) is 13.5. The highest BCUT2D eigenvalue weighted by atomic mass is 15.1. The fraction of sp³-hybridized carbons (Fsp3) is 0. The van der Waals surface area contributed by atoms with Crippen molar-refractivity contribution >= 4 is 86.7 Å². The third kappa shape index (κ3) is 3.92. The Balaban J connectivity index is 1.09. The van der Waals surface area contributed by atoms with Crippen LogP contribution < -0.4 is 0 Å². The summed E-state index contributed by atoms with van der Waals surface area (Å²) in [6.07, 6.45) is 0. The van der Waals surface area contributed by atoms with Gasteiger partial charge in [-0.3, -0.25) is 9.13 Å². The zero-order valence-corrected chi connectivity index (χ0v) is 30.1. The van der Waals surface area contributed by atoms with E-state index in [-0.39, 0.29) is 0 Å². The van der Waals surface area contributed by atoms with Crippen molar-refractivity contribution in [2.45, 2.75) is 0 Å². The maximum atomic E-state index is 5.54. The Morgan fingerprint density at radius 2 is 0.625 bits per heavy atom. The molecule has 0 bridgehead atoms. The fourth-order valence-electron chi connectivity index (χ4n) is 9.63. The highest BCUT2D eigenvalue weighted by Crippen LogP contribution is 2.45. The molecule has 258 valence electrons. The number of hydrogen-bond donors (Lipinski definition) is 0. The second-order valence-corrected chi connectivity index (χ2v) is 14.9. The third-order valence-corrected chi connectivity index (χ3v) is 12.0. The molecule has 13 aromatic rings. The molecule has 11 aromatic carbocycles. The molecule has 4 heteroatoms. The van der Waals surface area contributed by atoms with Gasteiger partial charge in [-0.25, -0.2) is 9.97 Å². The minimum Gasteiger partial charge on any atom is -0.292 e. The fourth-order valence-corrected chi connectivity index (χ4v) is 9.63. The van der Waals surface area contributed by atoms with Crippen molar-refractivity contribution in [2.75, 3.05) is 0 Å². The van der Waals surface area contributed by atoms with Gasteiger partial charge in [0.2, 0.25) is 0 Å². The number of imidazole rings is 2. The molecule has 13 rings (SSSR count). The molecule has 0 aliphatic rings. The van der Waals surface area contributed by atoms with E-state index in [9.17, 15) is 0 Å². The van der Waals surface area contributed by atoms with E-state index in [0.29, 0.717) is 0 Å². The van der Waals surface area contributed by atoms with E-state index in [0.717, 1.165) is 56.2 Å². The van der Waals surface area contributed by atoms with Gasteiger partial charge in [0, 0.05) is 44.0 Å². The van der Waals surface area contributed by atoms with Gasteiger partial charge in [0.15, 0.2) is 0 Å². The van der Waals surface area contributed by atoms with Gasteiger partial charge in [-0.2, -0.15) is 0 Å². The monoisotopic (exact) mass is 710 g/mol. The number of fused-ring (bicyclic) bond motifs is 6. The minimum atomic E-state index is 0.911. The lowest BCUT2D eigenvalue weighted by Gasteiger charge is -2.15. The molecule has 56 heavy (non-hydrogen) atoms. The Morgan fingerprint density at radius 3 is 1.00 bits per heavy atom. The molecule has 0 unspecified atom stereocenters. The van der Waals surface area contributed by atoms with Gasteiger partial charge in [-0.15, -0.1) is 0 Å². The summed E-state index contributed by atoms with van der Waals surface area (Å²) in [6, 6.07) is 65.7. The van der Waals surface area contributed by atoms with Gasteiger partial charge < -0.3 is 0 Å². The maximum Gasteiger partial charge on any atom is 0.145 e. The van der Waals surface area contributed by atoms with Crippen LogP contribution in [-0.2, 0) is 0 Å². The summed E-state index contributed by atoms with van der Waals surface area (Å²) < 4.78 is 4.71. The number of aromatic nitrogens is 4. The van der Waals surface area contributed by atoms with Gasteiger partial charge in [-0.05, 0) is 67.4 Å². The Hall–Kier alpha value is -7.56. The van der Waals surface area contributed by atoms with Crippen LogP contribution in [0, 0.1) is 0 Å². The number of para-hydroxylation sites is 2. The summed E-state index contributed by atoms with van der Waals surface area (Å²) in [5, 5.41) is 14.9. The van der Waals surface area contributed by atoms with Crippen LogP contribution in [0.5, 0.6) is 0 Å². The van der Waals surface area contributed by atoms with Gasteiger partial charge in [0.1, 0.15) is 11.6 Å². The van der Waals surface area contributed by atoms with Crippen LogP contribution in [0.15, 0.2) is 182 Å². The quantitative estimate of drug-likeness (QED) is 0.170. The molecule has 0 amide bonds. The van der Waals surface area contributed by atoms with Crippen molar-refractivity contribution in [1.82, 2.24) is 19.1 Å². The first kappa shape index (κ1) is 29.8. The summed E-state index contributed by atoms with van der Waals surface area (Å²) in [5.74, 6) is 1.82. The van der Waals surface area contributed by atoms with Crippen LogP contribution in [-0.4, -0.2) is 19.1 Å². The zero-order valence-electron chi connectivity index (χ0n) is 30.1. The second-order valence-electron chi connectivity index (χ2n) is 14.9. The zero-order chi connectivity index (χ0) is 36.5. The normalized spacial score (nSPS) is 12.3. The van der Waals surface area contributed by atoms with Crippen molar-refractivity contribution < 1.29 is 0 Å². The van der Waals surface area contributed by atoms with E-state index in [1.54, 1.807) is 0 Å². The standard InChI is InChI=1S/C52H30N4/c1-3-15-37(16-4-1)55-49-41-21-9-13-33-25-23-31-11-7-19-39(43(31)45(33)41)47(49)53-51(55)35-27-29-36(30-28-35)52-54-48-40-20-8-12-32-24-26-34-14-10-22-42(46(34)44(32)40)50(48)56(52)38-17-5-2-6-18-38/h1-30H. The lowest BCUT2D eigenvalue weighted by atomic mass is 9.93. The molecular weight excluding hydrogens is 681 g/mol. The molecule has 0 spiro atoms. The predicted molar refractivity (Wildman–Crippen MR) is 234 cm³/mol. The Labute approximate surface area is 320 Å².